The summed E-state index contributed by atoms with van der Waals surface area (Å²) in [5.74, 6) is 0. The van der Waals surface area contributed by atoms with Crippen LogP contribution >= 0.6 is 0 Å². The lowest BCUT2D eigenvalue weighted by Crippen LogP contribution is -2.19. The topological polar surface area (TPSA) is 49.8 Å². The van der Waals surface area contributed by atoms with Crippen molar-refractivity contribution in [3.05, 3.63) is 39.3 Å². The molecule has 70 valence electrons. The number of nitriles is 1. The van der Waals surface area contributed by atoms with Gasteiger partial charge in [0.15, 0.2) is 0 Å². The molecule has 0 saturated carbocycles. The largest absolute Gasteiger partial charge is 0.398 e. The highest BCUT2D eigenvalue weighted by Gasteiger charge is 2.11. The zero-order valence-corrected chi connectivity index (χ0v) is 7.99. The van der Waals surface area contributed by atoms with E-state index in [4.69, 9.17) is 11.0 Å². The Balaban J connectivity index is 2.43. The molecular weight excluding hydrogens is 184 g/mol. The van der Waals surface area contributed by atoms with Gasteiger partial charge >= 0.3 is 0 Å². The first-order valence-corrected chi connectivity index (χ1v) is 4.74. The van der Waals surface area contributed by atoms with Gasteiger partial charge in [-0.15, -0.1) is 0 Å². The van der Waals surface area contributed by atoms with E-state index in [2.05, 4.69) is 12.1 Å². The van der Waals surface area contributed by atoms with Gasteiger partial charge < -0.3 is 5.73 Å². The predicted molar refractivity (Wildman–Crippen MR) is 61.7 cm³/mol. The first kappa shape index (κ1) is 8.07. The van der Waals surface area contributed by atoms with Gasteiger partial charge in [0.25, 0.3) is 0 Å². The summed E-state index contributed by atoms with van der Waals surface area (Å²) >= 11 is 0. The van der Waals surface area contributed by atoms with Crippen LogP contribution in [0.25, 0.3) is 24.3 Å². The van der Waals surface area contributed by atoms with Crippen molar-refractivity contribution in [2.45, 2.75) is 0 Å². The number of nitrogens with two attached hydrogens (primary N) is 1. The summed E-state index contributed by atoms with van der Waals surface area (Å²) in [6, 6.07) is 4.21. The number of benzene rings is 1. The second-order valence-corrected chi connectivity index (χ2v) is 3.68. The molecule has 1 aromatic rings. The fourth-order valence-electron chi connectivity index (χ4n) is 2.06. The van der Waals surface area contributed by atoms with Crippen LogP contribution in [0.4, 0.5) is 5.69 Å². The normalized spacial score (nSPS) is 14.7. The fraction of sp³-hybridized carbons (Fsp3) is 0. The van der Waals surface area contributed by atoms with Gasteiger partial charge in [0, 0.05) is 16.5 Å². The molecule has 0 radical (unpaired) electrons. The third kappa shape index (κ3) is 0.976. The predicted octanol–water partition coefficient (Wildman–Crippen LogP) is 0.777. The first-order valence-electron chi connectivity index (χ1n) is 4.74. The van der Waals surface area contributed by atoms with Crippen LogP contribution in [-0.4, -0.2) is 0 Å². The van der Waals surface area contributed by atoms with E-state index in [1.165, 1.54) is 0 Å². The molecule has 2 aliphatic rings. The molecular formula is C13H8N2. The van der Waals surface area contributed by atoms with Gasteiger partial charge in [0.2, 0.25) is 0 Å². The number of fused-ring (bicyclic) bond motifs is 2. The first-order chi connectivity index (χ1) is 7.29. The van der Waals surface area contributed by atoms with Crippen molar-refractivity contribution in [2.75, 3.05) is 5.73 Å². The van der Waals surface area contributed by atoms with Crippen molar-refractivity contribution in [2.24, 2.45) is 0 Å². The van der Waals surface area contributed by atoms with E-state index in [1.807, 2.05) is 30.4 Å². The molecule has 0 unspecified atom stereocenters. The average molecular weight is 192 g/mol. The van der Waals surface area contributed by atoms with Crippen LogP contribution in [-0.2, 0) is 0 Å². The Labute approximate surface area is 86.9 Å². The summed E-state index contributed by atoms with van der Waals surface area (Å²) in [4.78, 5) is 0. The van der Waals surface area contributed by atoms with Crippen LogP contribution in [0.5, 0.6) is 0 Å². The van der Waals surface area contributed by atoms with Crippen molar-refractivity contribution in [3.8, 4) is 6.07 Å². The van der Waals surface area contributed by atoms with Gasteiger partial charge in [-0.3, -0.25) is 0 Å². The highest BCUT2D eigenvalue weighted by atomic mass is 14.6. The molecule has 0 atom stereocenters. The summed E-state index contributed by atoms with van der Waals surface area (Å²) < 4.78 is 0. The Bertz CT molecular complexity index is 683. The smallest absolute Gasteiger partial charge is 0.0992 e. The Morgan fingerprint density at radius 2 is 2.13 bits per heavy atom. The summed E-state index contributed by atoms with van der Waals surface area (Å²) in [6.07, 6.45) is 9.74. The Kier molecular flexibility index (Phi) is 1.41. The van der Waals surface area contributed by atoms with E-state index in [9.17, 15) is 0 Å². The van der Waals surface area contributed by atoms with Gasteiger partial charge in [0.05, 0.1) is 11.6 Å². The monoisotopic (exact) mass is 192 g/mol. The summed E-state index contributed by atoms with van der Waals surface area (Å²) in [5.41, 5.74) is 9.61. The molecule has 0 heterocycles. The minimum atomic E-state index is 0.671. The third-order valence-electron chi connectivity index (χ3n) is 2.79. The van der Waals surface area contributed by atoms with E-state index >= 15 is 0 Å². The van der Waals surface area contributed by atoms with Gasteiger partial charge in [-0.1, -0.05) is 18.2 Å². The molecule has 0 bridgehead atoms. The molecule has 15 heavy (non-hydrogen) atoms. The van der Waals surface area contributed by atoms with E-state index in [1.54, 1.807) is 0 Å². The lowest BCUT2D eigenvalue weighted by molar-refractivity contribution is 1.50. The molecule has 0 aliphatic heterocycles. The molecule has 3 rings (SSSR count). The number of anilines is 1. The maximum Gasteiger partial charge on any atom is 0.0992 e. The van der Waals surface area contributed by atoms with Crippen molar-refractivity contribution in [1.82, 2.24) is 0 Å². The molecule has 0 saturated heterocycles. The molecule has 2 N–H and O–H groups in total. The van der Waals surface area contributed by atoms with Crippen LogP contribution in [0.1, 0.15) is 11.1 Å². The second kappa shape index (κ2) is 2.61. The summed E-state index contributed by atoms with van der Waals surface area (Å²) in [5, 5.41) is 10.9. The van der Waals surface area contributed by atoms with Crippen molar-refractivity contribution < 1.29 is 0 Å². The number of allylic oxidation sites excluding steroid dienone is 2. The zero-order valence-electron chi connectivity index (χ0n) is 7.99. The highest BCUT2D eigenvalue weighted by molar-refractivity contribution is 5.86. The Hall–Kier alpha value is -2.27. The molecule has 0 aromatic heterocycles. The van der Waals surface area contributed by atoms with Gasteiger partial charge in [-0.05, 0) is 29.0 Å². The van der Waals surface area contributed by atoms with E-state index in [-0.39, 0.29) is 0 Å². The average Bonchev–Trinajstić information content (AvgIpc) is 2.83. The Morgan fingerprint density at radius 1 is 1.27 bits per heavy atom. The number of nitrogen functional groups attached to an aromatic ring is 1. The standard InChI is InChI=1S/C13H8N2/c14-7-8-4-10-6-9-2-1-3-11(9)13(15)12(10)5-8/h1-6H,15H2. The maximum absolute atomic E-state index is 8.83. The molecule has 0 fully saturated rings. The van der Waals surface area contributed by atoms with Crippen molar-refractivity contribution >= 4 is 30.0 Å². The summed E-state index contributed by atoms with van der Waals surface area (Å²) in [7, 11) is 0. The van der Waals surface area contributed by atoms with Crippen LogP contribution < -0.4 is 16.2 Å². The quantitative estimate of drug-likeness (QED) is 0.617. The second-order valence-electron chi connectivity index (χ2n) is 3.68. The zero-order chi connectivity index (χ0) is 10.4. The van der Waals surface area contributed by atoms with Crippen LogP contribution in [0.2, 0.25) is 0 Å². The molecule has 0 amide bonds. The molecule has 2 aliphatic carbocycles. The number of hydrogen-bond donors (Lipinski definition) is 1. The summed E-state index contributed by atoms with van der Waals surface area (Å²) in [6.45, 7) is 0. The molecule has 2 nitrogen and oxygen atoms in total. The molecule has 1 aromatic carbocycles. The van der Waals surface area contributed by atoms with Crippen molar-refractivity contribution in [3.63, 3.8) is 0 Å². The highest BCUT2D eigenvalue weighted by Crippen LogP contribution is 2.17. The van der Waals surface area contributed by atoms with E-state index in [0.717, 1.165) is 27.3 Å². The lowest BCUT2D eigenvalue weighted by Gasteiger charge is -2.02. The van der Waals surface area contributed by atoms with Crippen LogP contribution in [0, 0.1) is 11.3 Å². The lowest BCUT2D eigenvalue weighted by atomic mass is 10.1. The minimum Gasteiger partial charge on any atom is -0.398 e. The maximum atomic E-state index is 8.83. The van der Waals surface area contributed by atoms with Gasteiger partial charge in [-0.2, -0.15) is 5.26 Å². The molecule has 0 spiro atoms. The van der Waals surface area contributed by atoms with Crippen LogP contribution in [0.3, 0.4) is 0 Å². The number of hydrogen-bond acceptors (Lipinski definition) is 2. The third-order valence-corrected chi connectivity index (χ3v) is 2.79. The van der Waals surface area contributed by atoms with Crippen molar-refractivity contribution in [1.29, 1.82) is 5.26 Å². The van der Waals surface area contributed by atoms with Crippen LogP contribution in [0.15, 0.2) is 17.7 Å². The van der Waals surface area contributed by atoms with E-state index in [0.29, 0.717) is 5.57 Å². The molecule has 2 heteroatoms. The van der Waals surface area contributed by atoms with E-state index < -0.39 is 0 Å². The van der Waals surface area contributed by atoms with Gasteiger partial charge in [-0.25, -0.2) is 0 Å². The fourth-order valence-corrected chi connectivity index (χ4v) is 2.06. The number of nitrogens with zero attached hydrogens (tertiary/aromatic N) is 1. The van der Waals surface area contributed by atoms with Gasteiger partial charge in [0.1, 0.15) is 0 Å². The SMILES string of the molecule is N#CC1=Cc2c(N)c3c(cc2=C1)C=CC=3. The number of rotatable bonds is 0. The minimum absolute atomic E-state index is 0.671. The Morgan fingerprint density at radius 3 is 2.93 bits per heavy atom.